The van der Waals surface area contributed by atoms with Gasteiger partial charge in [0.15, 0.2) is 0 Å². The summed E-state index contributed by atoms with van der Waals surface area (Å²) < 4.78 is 10.8. The molecule has 17 heavy (non-hydrogen) atoms. The van der Waals surface area contributed by atoms with Crippen LogP contribution < -0.4 is 9.47 Å². The second kappa shape index (κ2) is 3.39. The van der Waals surface area contributed by atoms with Crippen LogP contribution in [0.25, 0.3) is 0 Å². The Hall–Kier alpha value is -1.71. The lowest BCUT2D eigenvalue weighted by atomic mass is 9.87. The molecule has 90 valence electrons. The smallest absolute Gasteiger partial charge is 0.307 e. The molecule has 1 aromatic carbocycles. The second-order valence-corrected chi connectivity index (χ2v) is 4.71. The Labute approximate surface area is 99.2 Å². The molecule has 1 aliphatic carbocycles. The van der Waals surface area contributed by atoms with Gasteiger partial charge in [-0.25, -0.2) is 0 Å². The summed E-state index contributed by atoms with van der Waals surface area (Å²) in [6.45, 7) is 0.600. The average Bonchev–Trinajstić information content (AvgIpc) is 3.05. The molecule has 1 N–H and O–H groups in total. The van der Waals surface area contributed by atoms with E-state index in [2.05, 4.69) is 0 Å². The highest BCUT2D eigenvalue weighted by molar-refractivity contribution is 5.78. The summed E-state index contributed by atoms with van der Waals surface area (Å²) in [5.74, 6) is 0.586. The Bertz CT molecular complexity index is 482. The lowest BCUT2D eigenvalue weighted by Gasteiger charge is -2.26. The number of hydrogen-bond donors (Lipinski definition) is 1. The molecule has 0 saturated heterocycles. The molecule has 1 saturated carbocycles. The third kappa shape index (κ3) is 1.40. The first-order valence-electron chi connectivity index (χ1n) is 5.71. The normalized spacial score (nSPS) is 29.4. The quantitative estimate of drug-likeness (QED) is 0.848. The number of carboxylic acids is 1. The Kier molecular flexibility index (Phi) is 2.08. The maximum Gasteiger partial charge on any atom is 0.307 e. The van der Waals surface area contributed by atoms with Gasteiger partial charge in [0.1, 0.15) is 11.5 Å². The number of ether oxygens (including phenoxy) is 2. The van der Waals surface area contributed by atoms with E-state index in [0.717, 1.165) is 23.5 Å². The van der Waals surface area contributed by atoms with Crippen LogP contribution in [0.3, 0.4) is 0 Å². The fourth-order valence-corrected chi connectivity index (χ4v) is 2.83. The Morgan fingerprint density at radius 1 is 1.59 bits per heavy atom. The highest BCUT2D eigenvalue weighted by Gasteiger charge is 2.61. The van der Waals surface area contributed by atoms with Crippen molar-refractivity contribution in [1.29, 1.82) is 0 Å². The largest absolute Gasteiger partial charge is 0.497 e. The van der Waals surface area contributed by atoms with Crippen LogP contribution in [-0.2, 0) is 10.2 Å². The highest BCUT2D eigenvalue weighted by atomic mass is 16.5. The first-order chi connectivity index (χ1) is 8.17. The molecule has 1 heterocycles. The average molecular weight is 234 g/mol. The number of rotatable bonds is 2. The van der Waals surface area contributed by atoms with Crippen molar-refractivity contribution < 1.29 is 19.4 Å². The maximum absolute atomic E-state index is 11.1. The predicted molar refractivity (Wildman–Crippen MR) is 60.5 cm³/mol. The Balaban J connectivity index is 2.05. The van der Waals surface area contributed by atoms with Gasteiger partial charge < -0.3 is 14.6 Å². The molecule has 2 aliphatic rings. The van der Waals surface area contributed by atoms with Gasteiger partial charge in [0.25, 0.3) is 0 Å². The molecule has 0 bridgehead atoms. The number of fused-ring (bicyclic) bond motifs is 2. The minimum atomic E-state index is -0.708. The summed E-state index contributed by atoms with van der Waals surface area (Å²) in [6.07, 6.45) is 1.50. The summed E-state index contributed by atoms with van der Waals surface area (Å²) in [5.41, 5.74) is 0.782. The third-order valence-corrected chi connectivity index (χ3v) is 3.90. The van der Waals surface area contributed by atoms with Crippen molar-refractivity contribution in [3.63, 3.8) is 0 Å². The van der Waals surface area contributed by atoms with Crippen LogP contribution in [0, 0.1) is 5.92 Å². The molecule has 0 radical (unpaired) electrons. The van der Waals surface area contributed by atoms with Crippen LogP contribution in [0.4, 0.5) is 0 Å². The zero-order valence-electron chi connectivity index (χ0n) is 9.60. The first-order valence-corrected chi connectivity index (χ1v) is 5.71. The SMILES string of the molecule is COc1ccc2c(c1)C1(CCO2)CC1C(=O)O. The topological polar surface area (TPSA) is 55.8 Å². The minimum absolute atomic E-state index is 0.214. The zero-order valence-corrected chi connectivity index (χ0v) is 9.60. The van der Waals surface area contributed by atoms with Gasteiger partial charge in [-0.1, -0.05) is 0 Å². The summed E-state index contributed by atoms with van der Waals surface area (Å²) >= 11 is 0. The summed E-state index contributed by atoms with van der Waals surface area (Å²) in [5, 5.41) is 9.15. The molecule has 2 unspecified atom stereocenters. The molecule has 1 aromatic rings. The first kappa shape index (κ1) is 10.4. The predicted octanol–water partition coefficient (Wildman–Crippen LogP) is 1.82. The molecule has 2 atom stereocenters. The van der Waals surface area contributed by atoms with Crippen molar-refractivity contribution >= 4 is 5.97 Å². The minimum Gasteiger partial charge on any atom is -0.497 e. The molecule has 0 amide bonds. The van der Waals surface area contributed by atoms with Gasteiger partial charge in [0.2, 0.25) is 0 Å². The van der Waals surface area contributed by atoms with Crippen molar-refractivity contribution in [3.05, 3.63) is 23.8 Å². The lowest BCUT2D eigenvalue weighted by Crippen LogP contribution is -2.24. The van der Waals surface area contributed by atoms with E-state index in [-0.39, 0.29) is 11.3 Å². The molecule has 3 rings (SSSR count). The van der Waals surface area contributed by atoms with Crippen LogP contribution in [-0.4, -0.2) is 24.8 Å². The highest BCUT2D eigenvalue weighted by Crippen LogP contribution is 2.61. The van der Waals surface area contributed by atoms with Crippen LogP contribution in [0.5, 0.6) is 11.5 Å². The summed E-state index contributed by atoms with van der Waals surface area (Å²) in [7, 11) is 1.61. The second-order valence-electron chi connectivity index (χ2n) is 4.71. The Morgan fingerprint density at radius 3 is 3.06 bits per heavy atom. The van der Waals surface area contributed by atoms with Gasteiger partial charge in [-0.2, -0.15) is 0 Å². The number of benzene rings is 1. The van der Waals surface area contributed by atoms with Crippen LogP contribution in [0.15, 0.2) is 18.2 Å². The van der Waals surface area contributed by atoms with Crippen molar-refractivity contribution in [2.75, 3.05) is 13.7 Å². The molecule has 1 fully saturated rings. The zero-order chi connectivity index (χ0) is 12.0. The number of carbonyl (C=O) groups is 1. The number of aliphatic carboxylic acids is 1. The third-order valence-electron chi connectivity index (χ3n) is 3.90. The number of methoxy groups -OCH3 is 1. The van der Waals surface area contributed by atoms with E-state index >= 15 is 0 Å². The van der Waals surface area contributed by atoms with E-state index in [1.807, 2.05) is 18.2 Å². The van der Waals surface area contributed by atoms with E-state index in [9.17, 15) is 4.79 Å². The molecule has 4 heteroatoms. The van der Waals surface area contributed by atoms with Gasteiger partial charge in [0, 0.05) is 11.0 Å². The molecule has 4 nitrogen and oxygen atoms in total. The molecule has 1 spiro atoms. The summed E-state index contributed by atoms with van der Waals surface area (Å²) in [6, 6.07) is 5.62. The lowest BCUT2D eigenvalue weighted by molar-refractivity contribution is -0.139. The van der Waals surface area contributed by atoms with E-state index in [1.165, 1.54) is 0 Å². The van der Waals surface area contributed by atoms with Crippen molar-refractivity contribution in [1.82, 2.24) is 0 Å². The molecule has 1 aliphatic heterocycles. The van der Waals surface area contributed by atoms with E-state index in [4.69, 9.17) is 14.6 Å². The fraction of sp³-hybridized carbons (Fsp3) is 0.462. The fourth-order valence-electron chi connectivity index (χ4n) is 2.83. The van der Waals surface area contributed by atoms with Gasteiger partial charge in [-0.15, -0.1) is 0 Å². The van der Waals surface area contributed by atoms with Gasteiger partial charge >= 0.3 is 5.97 Å². The van der Waals surface area contributed by atoms with Gasteiger partial charge in [-0.3, -0.25) is 4.79 Å². The monoisotopic (exact) mass is 234 g/mol. The maximum atomic E-state index is 11.1. The number of carboxylic acid groups (broad SMARTS) is 1. The summed E-state index contributed by atoms with van der Waals surface area (Å²) in [4.78, 5) is 11.1. The van der Waals surface area contributed by atoms with Gasteiger partial charge in [-0.05, 0) is 31.0 Å². The molecular weight excluding hydrogens is 220 g/mol. The Morgan fingerprint density at radius 2 is 2.41 bits per heavy atom. The number of hydrogen-bond acceptors (Lipinski definition) is 3. The van der Waals surface area contributed by atoms with Crippen molar-refractivity contribution in [3.8, 4) is 11.5 Å². The van der Waals surface area contributed by atoms with E-state index in [1.54, 1.807) is 7.11 Å². The van der Waals surface area contributed by atoms with E-state index < -0.39 is 5.97 Å². The molecular formula is C13H14O4. The standard InChI is InChI=1S/C13H14O4/c1-16-8-2-3-11-9(6-8)13(4-5-17-11)7-10(13)12(14)15/h2-3,6,10H,4-5,7H2,1H3,(H,14,15). The van der Waals surface area contributed by atoms with Crippen molar-refractivity contribution in [2.45, 2.75) is 18.3 Å². The van der Waals surface area contributed by atoms with E-state index in [0.29, 0.717) is 13.0 Å². The van der Waals surface area contributed by atoms with Crippen LogP contribution >= 0.6 is 0 Å². The molecule has 0 aromatic heterocycles. The van der Waals surface area contributed by atoms with Gasteiger partial charge in [0.05, 0.1) is 19.6 Å². The van der Waals surface area contributed by atoms with Crippen LogP contribution in [0.2, 0.25) is 0 Å². The van der Waals surface area contributed by atoms with Crippen molar-refractivity contribution in [2.24, 2.45) is 5.92 Å². The van der Waals surface area contributed by atoms with Crippen LogP contribution in [0.1, 0.15) is 18.4 Å².